The van der Waals surface area contributed by atoms with Crippen molar-refractivity contribution >= 4 is 17.9 Å². The van der Waals surface area contributed by atoms with Gasteiger partial charge < -0.3 is 14.2 Å². The van der Waals surface area contributed by atoms with Crippen LogP contribution in [-0.2, 0) is 28.6 Å². The van der Waals surface area contributed by atoms with Crippen molar-refractivity contribution < 1.29 is 28.6 Å². The zero-order valence-corrected chi connectivity index (χ0v) is 37.2. The smallest absolute Gasteiger partial charge is 0.306 e. The lowest BCUT2D eigenvalue weighted by Crippen LogP contribution is -2.30. The Bertz CT molecular complexity index is 953. The van der Waals surface area contributed by atoms with Crippen LogP contribution in [0, 0.1) is 0 Å². The summed E-state index contributed by atoms with van der Waals surface area (Å²) in [6.45, 7) is 6.51. The second kappa shape index (κ2) is 45.3. The number of hydrogen-bond donors (Lipinski definition) is 0. The molecule has 0 N–H and O–H groups in total. The van der Waals surface area contributed by atoms with Crippen LogP contribution < -0.4 is 0 Å². The van der Waals surface area contributed by atoms with E-state index in [0.717, 1.165) is 96.3 Å². The summed E-state index contributed by atoms with van der Waals surface area (Å²) in [6, 6.07) is 0. The highest BCUT2D eigenvalue weighted by Crippen LogP contribution is 2.15. The van der Waals surface area contributed by atoms with Crippen molar-refractivity contribution in [1.29, 1.82) is 0 Å². The van der Waals surface area contributed by atoms with E-state index in [0.29, 0.717) is 19.3 Å². The lowest BCUT2D eigenvalue weighted by Gasteiger charge is -2.18. The maximum Gasteiger partial charge on any atom is 0.306 e. The number of esters is 3. The average Bonchev–Trinajstić information content (AvgIpc) is 3.19. The molecule has 0 saturated heterocycles. The van der Waals surface area contributed by atoms with Crippen molar-refractivity contribution in [3.05, 3.63) is 36.5 Å². The summed E-state index contributed by atoms with van der Waals surface area (Å²) >= 11 is 0. The van der Waals surface area contributed by atoms with Crippen molar-refractivity contribution in [1.82, 2.24) is 0 Å². The Morgan fingerprint density at radius 2 is 0.696 bits per heavy atom. The monoisotopic (exact) mass is 787 g/mol. The van der Waals surface area contributed by atoms with E-state index >= 15 is 0 Å². The van der Waals surface area contributed by atoms with E-state index < -0.39 is 6.10 Å². The van der Waals surface area contributed by atoms with E-state index in [4.69, 9.17) is 14.2 Å². The minimum Gasteiger partial charge on any atom is -0.462 e. The fourth-order valence-electron chi connectivity index (χ4n) is 6.81. The molecule has 6 nitrogen and oxygen atoms in total. The third-order valence-corrected chi connectivity index (χ3v) is 10.4. The first-order valence-corrected chi connectivity index (χ1v) is 24.0. The van der Waals surface area contributed by atoms with Crippen molar-refractivity contribution in [2.45, 2.75) is 252 Å². The molecule has 56 heavy (non-hydrogen) atoms. The van der Waals surface area contributed by atoms with Gasteiger partial charge >= 0.3 is 17.9 Å². The molecule has 1 atom stereocenters. The first-order chi connectivity index (χ1) is 27.5. The molecule has 326 valence electrons. The highest BCUT2D eigenvalue weighted by Gasteiger charge is 2.19. The van der Waals surface area contributed by atoms with E-state index in [1.807, 2.05) is 0 Å². The maximum atomic E-state index is 12.7. The molecule has 0 fully saturated rings. The highest BCUT2D eigenvalue weighted by molar-refractivity contribution is 5.71. The third kappa shape index (κ3) is 42.8. The van der Waals surface area contributed by atoms with Crippen molar-refractivity contribution in [3.63, 3.8) is 0 Å². The molecule has 0 rings (SSSR count). The third-order valence-electron chi connectivity index (χ3n) is 10.4. The van der Waals surface area contributed by atoms with Gasteiger partial charge in [-0.3, -0.25) is 14.4 Å². The van der Waals surface area contributed by atoms with E-state index in [9.17, 15) is 14.4 Å². The molecule has 0 aliphatic rings. The number of unbranched alkanes of at least 4 members (excludes halogenated alkanes) is 26. The summed E-state index contributed by atoms with van der Waals surface area (Å²) in [6.07, 6.45) is 51.2. The van der Waals surface area contributed by atoms with Gasteiger partial charge in [0.1, 0.15) is 13.2 Å². The summed E-state index contributed by atoms with van der Waals surface area (Å²) in [7, 11) is 0. The van der Waals surface area contributed by atoms with Gasteiger partial charge in [0.15, 0.2) is 6.10 Å². The Hall–Kier alpha value is -2.37. The SMILES string of the molecule is CC/C=C\C/C=C\C/C=C\CCCCCCCC(=O)OC[C@@H](COC(=O)CCCCCCCCCCCCC)OC(=O)CCCCCCCCCCCCCC. The van der Waals surface area contributed by atoms with Crippen LogP contribution in [0.5, 0.6) is 0 Å². The van der Waals surface area contributed by atoms with Gasteiger partial charge in [0, 0.05) is 19.3 Å². The number of hydrogen-bond acceptors (Lipinski definition) is 6. The molecule has 0 aromatic rings. The van der Waals surface area contributed by atoms with Gasteiger partial charge in [-0.15, -0.1) is 0 Å². The first-order valence-electron chi connectivity index (χ1n) is 24.0. The van der Waals surface area contributed by atoms with Gasteiger partial charge in [-0.25, -0.2) is 0 Å². The summed E-state index contributed by atoms with van der Waals surface area (Å²) < 4.78 is 16.7. The van der Waals surface area contributed by atoms with Crippen LogP contribution in [0.1, 0.15) is 245 Å². The molecule has 0 amide bonds. The minimum atomic E-state index is -0.772. The number of carbonyl (C=O) groups excluding carboxylic acids is 3. The highest BCUT2D eigenvalue weighted by atomic mass is 16.6. The Morgan fingerprint density at radius 3 is 1.09 bits per heavy atom. The molecule has 0 spiro atoms. The van der Waals surface area contributed by atoms with Crippen LogP contribution >= 0.6 is 0 Å². The molecule has 0 aromatic heterocycles. The quantitative estimate of drug-likeness (QED) is 0.0265. The second-order valence-corrected chi connectivity index (χ2v) is 16.0. The molecule has 0 aliphatic heterocycles. The van der Waals surface area contributed by atoms with Crippen LogP contribution in [0.2, 0.25) is 0 Å². The molecular formula is C50H90O6. The molecular weight excluding hydrogens is 697 g/mol. The van der Waals surface area contributed by atoms with Crippen molar-refractivity contribution in [2.24, 2.45) is 0 Å². The number of rotatable bonds is 43. The number of carbonyl (C=O) groups is 3. The lowest BCUT2D eigenvalue weighted by atomic mass is 10.0. The topological polar surface area (TPSA) is 78.9 Å². The van der Waals surface area contributed by atoms with Crippen LogP contribution in [-0.4, -0.2) is 37.2 Å². The summed E-state index contributed by atoms with van der Waals surface area (Å²) in [5, 5.41) is 0. The Labute approximate surface area is 346 Å². The largest absolute Gasteiger partial charge is 0.462 e. The van der Waals surface area contributed by atoms with Gasteiger partial charge in [0.05, 0.1) is 0 Å². The molecule has 0 saturated carbocycles. The first kappa shape index (κ1) is 53.6. The van der Waals surface area contributed by atoms with E-state index in [-0.39, 0.29) is 31.1 Å². The average molecular weight is 787 g/mol. The van der Waals surface area contributed by atoms with Crippen molar-refractivity contribution in [3.8, 4) is 0 Å². The fraction of sp³-hybridized carbons (Fsp3) is 0.820. The lowest BCUT2D eigenvalue weighted by molar-refractivity contribution is -0.167. The predicted molar refractivity (Wildman–Crippen MR) is 238 cm³/mol. The van der Waals surface area contributed by atoms with Gasteiger partial charge in [-0.1, -0.05) is 211 Å². The second-order valence-electron chi connectivity index (χ2n) is 16.0. The van der Waals surface area contributed by atoms with Gasteiger partial charge in [0.25, 0.3) is 0 Å². The van der Waals surface area contributed by atoms with Gasteiger partial charge in [-0.2, -0.15) is 0 Å². The predicted octanol–water partition coefficient (Wildman–Crippen LogP) is 15.4. The normalized spacial score (nSPS) is 12.3. The van der Waals surface area contributed by atoms with Crippen LogP contribution in [0.25, 0.3) is 0 Å². The molecule has 0 radical (unpaired) electrons. The zero-order valence-electron chi connectivity index (χ0n) is 37.2. The summed E-state index contributed by atoms with van der Waals surface area (Å²) in [5.41, 5.74) is 0. The molecule has 0 aliphatic carbocycles. The summed E-state index contributed by atoms with van der Waals surface area (Å²) in [4.78, 5) is 37.8. The Balaban J connectivity index is 4.37. The standard InChI is InChI=1S/C50H90O6/c1-4-7-10-13-16-19-22-24-25-26-29-31-34-37-40-43-49(52)55-46-47(45-54-48(51)42-39-36-33-30-27-21-18-15-12-9-6-3)56-50(53)44-41-38-35-32-28-23-20-17-14-11-8-5-2/h7,10,16,19,24-25,47H,4-6,8-9,11-15,17-18,20-23,26-46H2,1-3H3/b10-7-,19-16-,25-24-/t47-/m1/s1. The molecule has 0 aromatic carbocycles. The van der Waals surface area contributed by atoms with Crippen LogP contribution in [0.15, 0.2) is 36.5 Å². The van der Waals surface area contributed by atoms with E-state index in [1.54, 1.807) is 0 Å². The summed E-state index contributed by atoms with van der Waals surface area (Å²) in [5.74, 6) is -0.886. The fourth-order valence-corrected chi connectivity index (χ4v) is 6.81. The number of ether oxygens (including phenoxy) is 3. The maximum absolute atomic E-state index is 12.7. The molecule has 6 heteroatoms. The van der Waals surface area contributed by atoms with Crippen molar-refractivity contribution in [2.75, 3.05) is 13.2 Å². The minimum absolute atomic E-state index is 0.0740. The van der Waals surface area contributed by atoms with Crippen LogP contribution in [0.3, 0.4) is 0 Å². The Kier molecular flexibility index (Phi) is 43.4. The Morgan fingerprint density at radius 1 is 0.375 bits per heavy atom. The molecule has 0 bridgehead atoms. The van der Waals surface area contributed by atoms with E-state index in [1.165, 1.54) is 109 Å². The molecule has 0 heterocycles. The van der Waals surface area contributed by atoms with Gasteiger partial charge in [0.2, 0.25) is 0 Å². The van der Waals surface area contributed by atoms with Gasteiger partial charge in [-0.05, 0) is 51.4 Å². The number of allylic oxidation sites excluding steroid dienone is 6. The van der Waals surface area contributed by atoms with Crippen LogP contribution in [0.4, 0.5) is 0 Å². The molecule has 0 unspecified atom stereocenters. The van der Waals surface area contributed by atoms with E-state index in [2.05, 4.69) is 57.2 Å². The zero-order chi connectivity index (χ0) is 40.8.